The van der Waals surface area contributed by atoms with Crippen molar-refractivity contribution in [2.75, 3.05) is 5.73 Å². The van der Waals surface area contributed by atoms with Crippen molar-refractivity contribution in [3.63, 3.8) is 0 Å². The van der Waals surface area contributed by atoms with Crippen LogP contribution in [0, 0.1) is 23.2 Å². The quantitative estimate of drug-likeness (QED) is 0.517. The lowest BCUT2D eigenvalue weighted by atomic mass is 10.4. The van der Waals surface area contributed by atoms with Crippen molar-refractivity contribution in [2.45, 2.75) is 0 Å². The van der Waals surface area contributed by atoms with E-state index in [1.807, 2.05) is 0 Å². The molecule has 0 amide bonds. The van der Waals surface area contributed by atoms with E-state index < -0.39 is 0 Å². The summed E-state index contributed by atoms with van der Waals surface area (Å²) in [5.41, 5.74) is 5.71. The third-order valence-electron chi connectivity index (χ3n) is 0.921. The highest BCUT2D eigenvalue weighted by Gasteiger charge is 1.88. The van der Waals surface area contributed by atoms with Gasteiger partial charge < -0.3 is 5.73 Å². The van der Waals surface area contributed by atoms with E-state index in [1.165, 1.54) is 6.20 Å². The predicted molar refractivity (Wildman–Crippen MR) is 38.9 cm³/mol. The van der Waals surface area contributed by atoms with Crippen LogP contribution in [0.25, 0.3) is 0 Å². The van der Waals surface area contributed by atoms with Crippen LogP contribution >= 0.6 is 0 Å². The fourth-order valence-corrected chi connectivity index (χ4v) is 0.535. The van der Waals surface area contributed by atoms with Gasteiger partial charge in [-0.2, -0.15) is 5.26 Å². The summed E-state index contributed by atoms with van der Waals surface area (Å²) in [6, 6.07) is 3.26. The molecule has 0 aliphatic heterocycles. The Morgan fingerprint density at radius 3 is 3.00 bits per heavy atom. The van der Waals surface area contributed by atoms with Crippen LogP contribution in [0.5, 0.6) is 0 Å². The number of anilines is 1. The van der Waals surface area contributed by atoms with Gasteiger partial charge in [0.05, 0.1) is 0 Å². The largest absolute Gasteiger partial charge is 0.368 e. The van der Waals surface area contributed by atoms with Crippen molar-refractivity contribution in [1.82, 2.24) is 9.97 Å². The second-order valence-corrected chi connectivity index (χ2v) is 1.66. The van der Waals surface area contributed by atoms with E-state index in [1.54, 1.807) is 12.1 Å². The van der Waals surface area contributed by atoms with Gasteiger partial charge in [0.25, 0.3) is 0 Å². The predicted octanol–water partition coefficient (Wildman–Crippen LogP) is -0.0661. The lowest BCUT2D eigenvalue weighted by Crippen LogP contribution is -1.94. The molecule has 0 fully saturated rings. The van der Waals surface area contributed by atoms with Crippen molar-refractivity contribution in [3.05, 3.63) is 18.0 Å². The molecule has 0 saturated carbocycles. The molecule has 0 saturated heterocycles. The second-order valence-electron chi connectivity index (χ2n) is 1.66. The van der Waals surface area contributed by atoms with Crippen molar-refractivity contribution in [3.8, 4) is 17.9 Å². The van der Waals surface area contributed by atoms with Crippen LogP contribution in [0.4, 0.5) is 5.95 Å². The van der Waals surface area contributed by atoms with E-state index >= 15 is 0 Å². The molecule has 1 aromatic rings. The molecule has 0 spiro atoms. The van der Waals surface area contributed by atoms with Crippen LogP contribution in [-0.2, 0) is 0 Å². The second kappa shape index (κ2) is 3.19. The van der Waals surface area contributed by atoms with Gasteiger partial charge in [0.1, 0.15) is 5.69 Å². The number of rotatable bonds is 0. The van der Waals surface area contributed by atoms with Gasteiger partial charge in [0.15, 0.2) is 6.07 Å². The Labute approximate surface area is 63.7 Å². The monoisotopic (exact) mass is 144 g/mol. The fraction of sp³-hybridized carbons (Fsp3) is 0. The number of nitriles is 1. The van der Waals surface area contributed by atoms with Gasteiger partial charge in [-0.15, -0.1) is 0 Å². The maximum Gasteiger partial charge on any atom is 0.221 e. The Bertz CT molecular complexity index is 353. The first kappa shape index (κ1) is 7.04. The summed E-state index contributed by atoms with van der Waals surface area (Å²) in [6.07, 6.45) is 1.49. The molecule has 0 radical (unpaired) electrons. The number of nitrogens with two attached hydrogens (primary N) is 1. The van der Waals surface area contributed by atoms with Gasteiger partial charge in [0, 0.05) is 12.1 Å². The van der Waals surface area contributed by atoms with Gasteiger partial charge in [0.2, 0.25) is 5.95 Å². The molecule has 1 aromatic heterocycles. The lowest BCUT2D eigenvalue weighted by Gasteiger charge is -1.88. The molecule has 52 valence electrons. The molecule has 0 aromatic carbocycles. The minimum Gasteiger partial charge on any atom is -0.368 e. The molecule has 4 heteroatoms. The van der Waals surface area contributed by atoms with Crippen molar-refractivity contribution < 1.29 is 0 Å². The minimum atomic E-state index is 0.162. The van der Waals surface area contributed by atoms with Gasteiger partial charge in [-0.25, -0.2) is 9.97 Å². The molecular weight excluding hydrogens is 140 g/mol. The number of aromatic nitrogens is 2. The van der Waals surface area contributed by atoms with Gasteiger partial charge >= 0.3 is 0 Å². The lowest BCUT2D eigenvalue weighted by molar-refractivity contribution is 1.17. The molecule has 0 unspecified atom stereocenters. The zero-order valence-electron chi connectivity index (χ0n) is 5.57. The zero-order chi connectivity index (χ0) is 8.10. The van der Waals surface area contributed by atoms with Crippen LogP contribution in [0.2, 0.25) is 0 Å². The highest BCUT2D eigenvalue weighted by atomic mass is 15.0. The maximum atomic E-state index is 8.10. The Morgan fingerprint density at radius 1 is 1.55 bits per heavy atom. The van der Waals surface area contributed by atoms with Crippen molar-refractivity contribution in [2.24, 2.45) is 0 Å². The van der Waals surface area contributed by atoms with Crippen molar-refractivity contribution >= 4 is 5.95 Å². The van der Waals surface area contributed by atoms with Crippen molar-refractivity contribution in [1.29, 1.82) is 5.26 Å². The summed E-state index contributed by atoms with van der Waals surface area (Å²) in [5.74, 6) is 4.86. The first-order chi connectivity index (χ1) is 5.33. The Morgan fingerprint density at radius 2 is 2.36 bits per heavy atom. The highest BCUT2D eigenvalue weighted by molar-refractivity contribution is 5.34. The molecule has 1 heterocycles. The topological polar surface area (TPSA) is 75.6 Å². The van der Waals surface area contributed by atoms with E-state index in [2.05, 4.69) is 21.8 Å². The van der Waals surface area contributed by atoms with Crippen LogP contribution in [0.1, 0.15) is 5.69 Å². The summed E-state index contributed by atoms with van der Waals surface area (Å²) >= 11 is 0. The standard InChI is InChI=1S/C7H4N4/c8-4-1-2-6-3-5-10-7(9)11-6/h3,5H,(H2,9,10,11). The van der Waals surface area contributed by atoms with Gasteiger partial charge in [-0.3, -0.25) is 0 Å². The summed E-state index contributed by atoms with van der Waals surface area (Å²) in [4.78, 5) is 7.42. The van der Waals surface area contributed by atoms with E-state index in [4.69, 9.17) is 11.0 Å². The minimum absolute atomic E-state index is 0.162. The summed E-state index contributed by atoms with van der Waals surface area (Å²) in [5, 5.41) is 8.10. The summed E-state index contributed by atoms with van der Waals surface area (Å²) in [7, 11) is 0. The van der Waals surface area contributed by atoms with E-state index in [9.17, 15) is 0 Å². The normalized spacial score (nSPS) is 7.55. The highest BCUT2D eigenvalue weighted by Crippen LogP contribution is 1.92. The molecule has 1 rings (SSSR count). The first-order valence-corrected chi connectivity index (χ1v) is 2.81. The maximum absolute atomic E-state index is 8.10. The number of nitrogens with zero attached hydrogens (tertiary/aromatic N) is 3. The number of hydrogen-bond donors (Lipinski definition) is 1. The number of hydrogen-bond acceptors (Lipinski definition) is 4. The van der Waals surface area contributed by atoms with Crippen LogP contribution < -0.4 is 5.73 Å². The van der Waals surface area contributed by atoms with Gasteiger partial charge in [-0.1, -0.05) is 0 Å². The molecule has 0 atom stereocenters. The third kappa shape index (κ3) is 1.96. The molecule has 0 bridgehead atoms. The van der Waals surface area contributed by atoms with Gasteiger partial charge in [-0.05, 0) is 12.0 Å². The summed E-state index contributed by atoms with van der Waals surface area (Å²) in [6.45, 7) is 0. The Hall–Kier alpha value is -2.07. The third-order valence-corrected chi connectivity index (χ3v) is 0.921. The number of nitrogen functional groups attached to an aromatic ring is 1. The average Bonchev–Trinajstić information content (AvgIpc) is 2.01. The van der Waals surface area contributed by atoms with Crippen LogP contribution in [-0.4, -0.2) is 9.97 Å². The van der Waals surface area contributed by atoms with E-state index in [0.29, 0.717) is 5.69 Å². The SMILES string of the molecule is N#CC#Cc1ccnc(N)n1. The summed E-state index contributed by atoms with van der Waals surface area (Å²) < 4.78 is 0. The van der Waals surface area contributed by atoms with Crippen LogP contribution in [0.15, 0.2) is 12.3 Å². The molecule has 11 heavy (non-hydrogen) atoms. The fourth-order valence-electron chi connectivity index (χ4n) is 0.535. The Balaban J connectivity index is 2.99. The van der Waals surface area contributed by atoms with E-state index in [-0.39, 0.29) is 5.95 Å². The molecular formula is C7H4N4. The average molecular weight is 144 g/mol. The Kier molecular flexibility index (Phi) is 2.04. The zero-order valence-corrected chi connectivity index (χ0v) is 5.57. The molecule has 2 N–H and O–H groups in total. The molecule has 0 aliphatic rings. The first-order valence-electron chi connectivity index (χ1n) is 2.81. The molecule has 0 aliphatic carbocycles. The van der Waals surface area contributed by atoms with E-state index in [0.717, 1.165) is 0 Å². The van der Waals surface area contributed by atoms with Crippen LogP contribution in [0.3, 0.4) is 0 Å². The molecule has 4 nitrogen and oxygen atoms in total. The smallest absolute Gasteiger partial charge is 0.221 e.